The molecule has 0 fully saturated rings. The number of halogens is 21. The van der Waals surface area contributed by atoms with E-state index in [9.17, 15) is 32.5 Å². The monoisotopic (exact) mass is 926 g/mol. The molecule has 0 radical (unpaired) electrons. The molecule has 0 aliphatic heterocycles. The van der Waals surface area contributed by atoms with Gasteiger partial charge in [-0.1, -0.05) is 38.9 Å². The standard InChI is InChI=1S/C32H7F21N4OS2/c1-8-20(33)22(35)19(23(36)21(8)34)15-13(31(56-2)57-3)5-12-17(15)29(59(44,45,46,47)48)11-4-10(9(6-54)7-55)14(16(11)30(12)60(49,50,51,52)53)18-24(37)26(39)28(27(40)25(18)38)58-32(41,42)43/h4-5H2,1H3. The Labute approximate surface area is 317 Å². The maximum Gasteiger partial charge on any atom is 0.573 e. The van der Waals surface area contributed by atoms with Gasteiger partial charge in [0.05, 0.1) is 16.7 Å². The molecule has 0 saturated heterocycles. The summed E-state index contributed by atoms with van der Waals surface area (Å²) in [6.45, 7) is 14.5. The summed E-state index contributed by atoms with van der Waals surface area (Å²) < 4.78 is 319. The molecule has 0 aromatic heterocycles. The minimum Gasteiger partial charge on any atom is -0.399 e. The normalized spacial score (nSPS) is 16.4. The van der Waals surface area contributed by atoms with Gasteiger partial charge in [0.15, 0.2) is 34.9 Å². The van der Waals surface area contributed by atoms with Crippen LogP contribution in [0.4, 0.5) is 87.2 Å². The fraction of sp³-hybridized carbons (Fsp3) is 0.125. The van der Waals surface area contributed by atoms with Gasteiger partial charge in [0.2, 0.25) is 17.4 Å². The first-order valence-electron chi connectivity index (χ1n) is 14.7. The van der Waals surface area contributed by atoms with Gasteiger partial charge in [-0.2, -0.15) is 29.0 Å². The SMILES string of the molecule is [C-]#[N+]C([N+]#[C-])=C1Cc2c(S(F)(F)(F)(F)F)c3c(c(S(F)(F)(F)(F)F)c2=C1c1c(F)c(F)c(C)c(F)c1F)CC(=C(C#N)C#N)C=3c1c(F)c(F)c(OC(F)(F)F)c(F)c1F. The Morgan fingerprint density at radius 2 is 0.917 bits per heavy atom. The second kappa shape index (κ2) is 12.0. The fourth-order valence-corrected chi connectivity index (χ4v) is 9.13. The highest BCUT2D eigenvalue weighted by Gasteiger charge is 2.72. The molecule has 320 valence electrons. The first-order chi connectivity index (χ1) is 26.8. The molecule has 0 amide bonds. The molecule has 0 saturated carbocycles. The zero-order chi connectivity index (χ0) is 46.1. The van der Waals surface area contributed by atoms with Crippen LogP contribution in [0.2, 0.25) is 0 Å². The molecule has 3 aromatic rings. The lowest BCUT2D eigenvalue weighted by molar-refractivity contribution is -0.276. The van der Waals surface area contributed by atoms with E-state index in [0.29, 0.717) is 12.1 Å². The zero-order valence-corrected chi connectivity index (χ0v) is 29.5. The van der Waals surface area contributed by atoms with Crippen molar-refractivity contribution in [3.05, 3.63) is 130 Å². The third-order valence-electron chi connectivity index (χ3n) is 8.62. The molecule has 0 N–H and O–H groups in total. The van der Waals surface area contributed by atoms with E-state index in [1.165, 1.54) is 0 Å². The number of ether oxygens (including phenoxy) is 1. The quantitative estimate of drug-likeness (QED) is 0.111. The molecule has 2 aliphatic rings. The maximum absolute atomic E-state index is 15.7. The largest absolute Gasteiger partial charge is 0.573 e. The summed E-state index contributed by atoms with van der Waals surface area (Å²) >= 11 is 0. The number of allylic oxidation sites excluding steroid dienone is 3. The van der Waals surface area contributed by atoms with Crippen LogP contribution in [0, 0.1) is 89.3 Å². The van der Waals surface area contributed by atoms with Crippen LogP contribution in [0.3, 0.4) is 0 Å². The molecule has 3 aromatic carbocycles. The molecule has 0 unspecified atom stereocenters. The van der Waals surface area contributed by atoms with Crippen molar-refractivity contribution in [2.45, 2.75) is 35.9 Å². The Kier molecular flexibility index (Phi) is 8.99. The van der Waals surface area contributed by atoms with Gasteiger partial charge in [-0.15, -0.1) is 13.2 Å². The van der Waals surface area contributed by atoms with Crippen LogP contribution in [-0.4, -0.2) is 6.36 Å². The molecule has 5 rings (SSSR count). The molecule has 60 heavy (non-hydrogen) atoms. The molecule has 0 spiro atoms. The topological polar surface area (TPSA) is 65.5 Å². The van der Waals surface area contributed by atoms with Gasteiger partial charge in [-0.25, -0.2) is 26.3 Å². The van der Waals surface area contributed by atoms with Gasteiger partial charge >= 0.3 is 32.6 Å². The van der Waals surface area contributed by atoms with Gasteiger partial charge in [-0.3, -0.25) is 0 Å². The van der Waals surface area contributed by atoms with Gasteiger partial charge in [0.25, 0.3) is 0 Å². The summed E-state index contributed by atoms with van der Waals surface area (Å²) in [6.07, 6.45) is -11.6. The van der Waals surface area contributed by atoms with Gasteiger partial charge in [0.1, 0.15) is 40.6 Å². The molecular weight excluding hydrogens is 919 g/mol. The lowest BCUT2D eigenvalue weighted by atomic mass is 9.94. The highest BCUT2D eigenvalue weighted by atomic mass is 32.5. The number of alkyl halides is 3. The zero-order valence-electron chi connectivity index (χ0n) is 27.9. The van der Waals surface area contributed by atoms with E-state index in [1.807, 2.05) is 0 Å². The highest BCUT2D eigenvalue weighted by molar-refractivity contribution is 8.46. The Morgan fingerprint density at radius 3 is 1.23 bits per heavy atom. The number of benzene rings is 3. The smallest absolute Gasteiger partial charge is 0.399 e. The Hall–Kier alpha value is -6.13. The van der Waals surface area contributed by atoms with E-state index in [0.717, 1.165) is 0 Å². The van der Waals surface area contributed by atoms with Crippen LogP contribution in [0.5, 0.6) is 5.75 Å². The van der Waals surface area contributed by atoms with Crippen molar-refractivity contribution < 1.29 is 91.9 Å². The van der Waals surface area contributed by atoms with Crippen molar-refractivity contribution in [2.24, 2.45) is 0 Å². The van der Waals surface area contributed by atoms with Crippen molar-refractivity contribution >= 4 is 31.6 Å². The van der Waals surface area contributed by atoms with Gasteiger partial charge in [0, 0.05) is 28.0 Å². The number of hydrogen-bond acceptors (Lipinski definition) is 3. The molecule has 0 atom stereocenters. The molecule has 5 nitrogen and oxygen atoms in total. The number of nitrogens with zero attached hydrogens (tertiary/aromatic N) is 4. The van der Waals surface area contributed by atoms with E-state index in [4.69, 9.17) is 13.1 Å². The van der Waals surface area contributed by atoms with Crippen LogP contribution in [0.15, 0.2) is 32.3 Å². The molecule has 0 bridgehead atoms. The number of nitriles is 2. The third-order valence-corrected chi connectivity index (χ3v) is 11.1. The third kappa shape index (κ3) is 6.96. The van der Waals surface area contributed by atoms with Crippen molar-refractivity contribution in [1.82, 2.24) is 0 Å². The fourth-order valence-electron chi connectivity index (χ4n) is 6.63. The molecule has 28 heteroatoms. The second-order valence-corrected chi connectivity index (χ2v) is 17.0. The minimum absolute atomic E-state index is 0.243. The summed E-state index contributed by atoms with van der Waals surface area (Å²) in [5.74, 6) is -30.1. The van der Waals surface area contributed by atoms with Gasteiger partial charge < -0.3 is 4.74 Å². The first kappa shape index (κ1) is 45.0. The number of rotatable bonds is 5. The molecule has 0 heterocycles. The lowest BCUT2D eigenvalue weighted by Crippen LogP contribution is -2.35. The predicted octanol–water partition coefficient (Wildman–Crippen LogP) is 12.2. The minimum atomic E-state index is -12.3. The maximum atomic E-state index is 15.7. The van der Waals surface area contributed by atoms with E-state index >= 15 is 65.2 Å². The second-order valence-electron chi connectivity index (χ2n) is 12.3. The van der Waals surface area contributed by atoms with E-state index < -0.39 is 174 Å². The number of fused-ring (bicyclic) bond motifs is 2. The van der Waals surface area contributed by atoms with E-state index in [2.05, 4.69) is 14.4 Å². The van der Waals surface area contributed by atoms with Crippen LogP contribution in [0.1, 0.15) is 27.8 Å². The Morgan fingerprint density at radius 1 is 0.583 bits per heavy atom. The van der Waals surface area contributed by atoms with E-state index in [-0.39, 0.29) is 6.92 Å². The van der Waals surface area contributed by atoms with Crippen LogP contribution in [-0.2, 0) is 12.8 Å². The summed E-state index contributed by atoms with van der Waals surface area (Å²) in [5, 5.41) is 12.5. The Balaban J connectivity index is 2.43. The molecule has 2 aliphatic carbocycles. The summed E-state index contributed by atoms with van der Waals surface area (Å²) in [7, 11) is -24.6. The van der Waals surface area contributed by atoms with Crippen molar-refractivity contribution in [3.8, 4) is 17.9 Å². The molecular formula is C32H7F21N4OS2. The highest BCUT2D eigenvalue weighted by Crippen LogP contribution is 3.04. The van der Waals surface area contributed by atoms with Crippen LogP contribution in [0.25, 0.3) is 20.8 Å². The van der Waals surface area contributed by atoms with Crippen molar-refractivity contribution in [1.29, 1.82) is 10.5 Å². The number of hydrogen-bond donors (Lipinski definition) is 0. The van der Waals surface area contributed by atoms with Gasteiger partial charge in [-0.05, 0) is 35.6 Å². The predicted molar refractivity (Wildman–Crippen MR) is 163 cm³/mol. The first-order valence-corrected chi connectivity index (χ1v) is 18.6. The van der Waals surface area contributed by atoms with Crippen molar-refractivity contribution in [2.75, 3.05) is 0 Å². The average molecular weight is 927 g/mol. The van der Waals surface area contributed by atoms with Crippen molar-refractivity contribution in [3.63, 3.8) is 0 Å². The van der Waals surface area contributed by atoms with E-state index in [1.54, 1.807) is 0 Å². The van der Waals surface area contributed by atoms with Crippen LogP contribution >= 0.6 is 20.4 Å². The Bertz CT molecular complexity index is 2890. The lowest BCUT2D eigenvalue weighted by Gasteiger charge is -2.45. The summed E-state index contributed by atoms with van der Waals surface area (Å²) in [5.41, 5.74) is -25.4. The summed E-state index contributed by atoms with van der Waals surface area (Å²) in [4.78, 5) is -3.51. The summed E-state index contributed by atoms with van der Waals surface area (Å²) in [6, 6.07) is 1.33. The van der Waals surface area contributed by atoms with Crippen LogP contribution < -0.4 is 15.2 Å². The average Bonchev–Trinajstić information content (AvgIpc) is 3.63.